The standard InChI is InChI=1S/C13H11N3O3/c14-13(17)15(10-6-2-1-3-7-10)11-8-4-5-9-12(11)16(18)19/h1-9H,(H2,14,17). The van der Waals surface area contributed by atoms with Crippen LogP contribution in [0.5, 0.6) is 0 Å². The largest absolute Gasteiger partial charge is 0.351 e. The number of para-hydroxylation sites is 3. The molecular weight excluding hydrogens is 246 g/mol. The van der Waals surface area contributed by atoms with Gasteiger partial charge >= 0.3 is 6.03 Å². The van der Waals surface area contributed by atoms with Crippen molar-refractivity contribution in [2.75, 3.05) is 4.90 Å². The fourth-order valence-electron chi connectivity index (χ4n) is 1.77. The number of hydrogen-bond donors (Lipinski definition) is 1. The van der Waals surface area contributed by atoms with E-state index in [-0.39, 0.29) is 11.4 Å². The first-order valence-electron chi connectivity index (χ1n) is 5.49. The smallest absolute Gasteiger partial charge is 0.324 e. The molecule has 2 amide bonds. The first-order valence-corrected chi connectivity index (χ1v) is 5.49. The molecule has 0 bridgehead atoms. The third-order valence-electron chi connectivity index (χ3n) is 2.55. The van der Waals surface area contributed by atoms with Gasteiger partial charge in [-0.2, -0.15) is 0 Å². The summed E-state index contributed by atoms with van der Waals surface area (Å²) < 4.78 is 0. The van der Waals surface area contributed by atoms with E-state index in [0.717, 1.165) is 4.90 Å². The Kier molecular flexibility index (Phi) is 3.42. The van der Waals surface area contributed by atoms with Crippen LogP contribution in [0.1, 0.15) is 0 Å². The second kappa shape index (κ2) is 5.18. The summed E-state index contributed by atoms with van der Waals surface area (Å²) in [5, 5.41) is 11.0. The van der Waals surface area contributed by atoms with Crippen LogP contribution in [-0.2, 0) is 0 Å². The Hall–Kier alpha value is -2.89. The van der Waals surface area contributed by atoms with Crippen molar-refractivity contribution in [1.82, 2.24) is 0 Å². The fraction of sp³-hybridized carbons (Fsp3) is 0. The maximum Gasteiger partial charge on any atom is 0.324 e. The van der Waals surface area contributed by atoms with Crippen molar-refractivity contribution in [3.63, 3.8) is 0 Å². The van der Waals surface area contributed by atoms with Gasteiger partial charge in [-0.05, 0) is 18.2 Å². The maximum atomic E-state index is 11.6. The highest BCUT2D eigenvalue weighted by molar-refractivity contribution is 6.00. The lowest BCUT2D eigenvalue weighted by atomic mass is 10.2. The van der Waals surface area contributed by atoms with Gasteiger partial charge in [0.25, 0.3) is 5.69 Å². The highest BCUT2D eigenvalue weighted by Gasteiger charge is 2.23. The van der Waals surface area contributed by atoms with Gasteiger partial charge in [0.1, 0.15) is 5.69 Å². The number of nitrogens with zero attached hydrogens (tertiary/aromatic N) is 2. The molecular formula is C13H11N3O3. The SMILES string of the molecule is NC(=O)N(c1ccccc1)c1ccccc1[N+](=O)[O-]. The monoisotopic (exact) mass is 257 g/mol. The molecule has 19 heavy (non-hydrogen) atoms. The number of primary amides is 1. The lowest BCUT2D eigenvalue weighted by Crippen LogP contribution is -2.31. The van der Waals surface area contributed by atoms with E-state index in [1.807, 2.05) is 0 Å². The molecule has 0 aliphatic heterocycles. The highest BCUT2D eigenvalue weighted by atomic mass is 16.6. The Labute approximate surface area is 109 Å². The predicted molar refractivity (Wildman–Crippen MR) is 71.3 cm³/mol. The molecule has 0 fully saturated rings. The summed E-state index contributed by atoms with van der Waals surface area (Å²) in [7, 11) is 0. The minimum atomic E-state index is -0.777. The molecule has 0 aromatic heterocycles. The molecule has 0 heterocycles. The third-order valence-corrected chi connectivity index (χ3v) is 2.55. The molecule has 2 aromatic rings. The van der Waals surface area contributed by atoms with Crippen LogP contribution in [0.15, 0.2) is 54.6 Å². The van der Waals surface area contributed by atoms with Crippen LogP contribution in [0.25, 0.3) is 0 Å². The van der Waals surface area contributed by atoms with E-state index in [9.17, 15) is 14.9 Å². The number of hydrogen-bond acceptors (Lipinski definition) is 3. The van der Waals surface area contributed by atoms with E-state index in [2.05, 4.69) is 0 Å². The minimum absolute atomic E-state index is 0.145. The van der Waals surface area contributed by atoms with Crippen molar-refractivity contribution < 1.29 is 9.72 Å². The van der Waals surface area contributed by atoms with Gasteiger partial charge in [0.15, 0.2) is 0 Å². The second-order valence-corrected chi connectivity index (χ2v) is 3.76. The molecule has 96 valence electrons. The van der Waals surface area contributed by atoms with Crippen LogP contribution in [0.3, 0.4) is 0 Å². The highest BCUT2D eigenvalue weighted by Crippen LogP contribution is 2.32. The summed E-state index contributed by atoms with van der Waals surface area (Å²) in [5.74, 6) is 0. The topological polar surface area (TPSA) is 89.5 Å². The van der Waals surface area contributed by atoms with Gasteiger partial charge in [-0.15, -0.1) is 0 Å². The zero-order valence-electron chi connectivity index (χ0n) is 9.89. The molecule has 0 unspecified atom stereocenters. The van der Waals surface area contributed by atoms with Gasteiger partial charge in [0, 0.05) is 6.07 Å². The lowest BCUT2D eigenvalue weighted by Gasteiger charge is -2.20. The number of anilines is 2. The molecule has 0 aliphatic carbocycles. The van der Waals surface area contributed by atoms with Crippen molar-refractivity contribution in [2.24, 2.45) is 5.73 Å². The Morgan fingerprint density at radius 1 is 1.05 bits per heavy atom. The lowest BCUT2D eigenvalue weighted by molar-refractivity contribution is -0.384. The van der Waals surface area contributed by atoms with E-state index in [1.165, 1.54) is 18.2 Å². The number of nitro benzene ring substituents is 1. The molecule has 6 heteroatoms. The van der Waals surface area contributed by atoms with E-state index in [1.54, 1.807) is 36.4 Å². The average Bonchev–Trinajstić information content (AvgIpc) is 2.40. The van der Waals surface area contributed by atoms with Crippen LogP contribution in [0.4, 0.5) is 21.9 Å². The molecule has 2 N–H and O–H groups in total. The van der Waals surface area contributed by atoms with Crippen molar-refractivity contribution in [3.8, 4) is 0 Å². The summed E-state index contributed by atoms with van der Waals surface area (Å²) in [5.41, 5.74) is 5.78. The summed E-state index contributed by atoms with van der Waals surface area (Å²) in [6.45, 7) is 0. The molecule has 0 saturated heterocycles. The number of carbonyl (C=O) groups excluding carboxylic acids is 1. The normalized spacial score (nSPS) is 9.89. The molecule has 0 spiro atoms. The van der Waals surface area contributed by atoms with Gasteiger partial charge in [-0.25, -0.2) is 4.79 Å². The minimum Gasteiger partial charge on any atom is -0.351 e. The molecule has 2 aromatic carbocycles. The zero-order chi connectivity index (χ0) is 13.8. The van der Waals surface area contributed by atoms with Gasteiger partial charge in [-0.1, -0.05) is 30.3 Å². The maximum absolute atomic E-state index is 11.6. The van der Waals surface area contributed by atoms with Crippen LogP contribution in [0.2, 0.25) is 0 Å². The molecule has 2 rings (SSSR count). The Morgan fingerprint density at radius 3 is 2.21 bits per heavy atom. The third kappa shape index (κ3) is 2.52. The molecule has 0 saturated carbocycles. The van der Waals surface area contributed by atoms with Crippen molar-refractivity contribution >= 4 is 23.1 Å². The van der Waals surface area contributed by atoms with Crippen LogP contribution >= 0.6 is 0 Å². The van der Waals surface area contributed by atoms with E-state index in [4.69, 9.17) is 5.73 Å². The number of benzene rings is 2. The van der Waals surface area contributed by atoms with Gasteiger partial charge in [0.05, 0.1) is 10.6 Å². The quantitative estimate of drug-likeness (QED) is 0.677. The Bertz CT molecular complexity index is 614. The van der Waals surface area contributed by atoms with Gasteiger partial charge in [0.2, 0.25) is 0 Å². The summed E-state index contributed by atoms with van der Waals surface area (Å²) >= 11 is 0. The van der Waals surface area contributed by atoms with Crippen molar-refractivity contribution in [2.45, 2.75) is 0 Å². The summed E-state index contributed by atoms with van der Waals surface area (Å²) in [4.78, 5) is 23.2. The van der Waals surface area contributed by atoms with Crippen molar-refractivity contribution in [1.29, 1.82) is 0 Å². The number of rotatable bonds is 3. The van der Waals surface area contributed by atoms with E-state index in [0.29, 0.717) is 5.69 Å². The summed E-state index contributed by atoms with van der Waals surface area (Å²) in [6, 6.07) is 13.7. The number of nitrogens with two attached hydrogens (primary N) is 1. The van der Waals surface area contributed by atoms with Crippen LogP contribution in [0, 0.1) is 10.1 Å². The van der Waals surface area contributed by atoms with Crippen LogP contribution in [-0.4, -0.2) is 11.0 Å². The van der Waals surface area contributed by atoms with Gasteiger partial charge in [-0.3, -0.25) is 15.0 Å². The second-order valence-electron chi connectivity index (χ2n) is 3.76. The number of amides is 2. The molecule has 6 nitrogen and oxygen atoms in total. The van der Waals surface area contributed by atoms with Crippen molar-refractivity contribution in [3.05, 3.63) is 64.7 Å². The average molecular weight is 257 g/mol. The first-order chi connectivity index (χ1) is 9.11. The number of nitro groups is 1. The Morgan fingerprint density at radius 2 is 1.63 bits per heavy atom. The number of carbonyl (C=O) groups is 1. The number of urea groups is 1. The van der Waals surface area contributed by atoms with Gasteiger partial charge < -0.3 is 5.73 Å². The first kappa shape index (κ1) is 12.6. The predicted octanol–water partition coefficient (Wildman–Crippen LogP) is 2.81. The molecule has 0 aliphatic rings. The molecule has 0 radical (unpaired) electrons. The Balaban J connectivity index is 2.59. The van der Waals surface area contributed by atoms with E-state index < -0.39 is 11.0 Å². The zero-order valence-corrected chi connectivity index (χ0v) is 9.89. The fourth-order valence-corrected chi connectivity index (χ4v) is 1.77. The summed E-state index contributed by atoms with van der Waals surface area (Å²) in [6.07, 6.45) is 0. The molecule has 0 atom stereocenters. The van der Waals surface area contributed by atoms with E-state index >= 15 is 0 Å². The van der Waals surface area contributed by atoms with Crippen LogP contribution < -0.4 is 10.6 Å².